The Labute approximate surface area is 177 Å². The molecule has 0 bridgehead atoms. The summed E-state index contributed by atoms with van der Waals surface area (Å²) in [5.41, 5.74) is 2.67. The average Bonchev–Trinajstić information content (AvgIpc) is 2.73. The van der Waals surface area contributed by atoms with Crippen LogP contribution in [0.1, 0.15) is 11.1 Å². The summed E-state index contributed by atoms with van der Waals surface area (Å²) in [5, 5.41) is 2.79. The Morgan fingerprint density at radius 1 is 0.464 bits per heavy atom. The smallest absolute Gasteiger partial charge is 0.117 e. The van der Waals surface area contributed by atoms with E-state index in [1.54, 1.807) is 0 Å². The number of hydrogen-bond donors (Lipinski definition) is 0. The second-order valence-corrected chi connectivity index (χ2v) is 9.85. The summed E-state index contributed by atoms with van der Waals surface area (Å²) in [4.78, 5) is 0. The highest BCUT2D eigenvalue weighted by molar-refractivity contribution is 7.55. The molecule has 4 aromatic rings. The zero-order valence-corrected chi connectivity index (χ0v) is 18.6. The average molecular weight is 395 g/mol. The highest BCUT2D eigenvalue weighted by atomic mass is 31.1. The van der Waals surface area contributed by atoms with Crippen molar-refractivity contribution in [2.45, 2.75) is 13.8 Å². The highest BCUT2D eigenvalue weighted by Gasteiger charge is 1.99. The maximum atomic E-state index is 2.24. The van der Waals surface area contributed by atoms with E-state index < -0.39 is 0 Å². The summed E-state index contributed by atoms with van der Waals surface area (Å²) in [6.07, 6.45) is 0. The molecule has 0 nitrogen and oxygen atoms in total. The van der Waals surface area contributed by atoms with Crippen LogP contribution in [0.2, 0.25) is 0 Å². The first-order valence-corrected chi connectivity index (χ1v) is 11.7. The van der Waals surface area contributed by atoms with Gasteiger partial charge in [-0.1, -0.05) is 129 Å². The predicted molar refractivity (Wildman–Crippen MR) is 128 cm³/mol. The third kappa shape index (κ3) is 7.11. The van der Waals surface area contributed by atoms with Gasteiger partial charge in [0.2, 0.25) is 0 Å². The van der Waals surface area contributed by atoms with Crippen LogP contribution >= 0.6 is 8.58 Å². The topological polar surface area (TPSA) is 0 Å². The molecular weight excluding hydrogens is 370 g/mol. The summed E-state index contributed by atoms with van der Waals surface area (Å²) in [6, 6.07) is 38.9. The second kappa shape index (κ2) is 11.0. The lowest BCUT2D eigenvalue weighted by molar-refractivity contribution is 1.48. The van der Waals surface area contributed by atoms with Crippen molar-refractivity contribution in [2.24, 2.45) is 0 Å². The van der Waals surface area contributed by atoms with Crippen LogP contribution in [0.15, 0.2) is 109 Å². The number of rotatable bonds is 4. The van der Waals surface area contributed by atoms with E-state index in [2.05, 4.69) is 123 Å². The Kier molecular flexibility index (Phi) is 8.08. The fraction of sp³-hybridized carbons (Fsp3) is 0.0769. The van der Waals surface area contributed by atoms with Crippen LogP contribution in [-0.2, 0) is 0 Å². The Bertz CT molecular complexity index is 866. The normalized spacial score (nSPS) is 9.93. The molecule has 4 aromatic carbocycles. The van der Waals surface area contributed by atoms with Crippen molar-refractivity contribution < 1.29 is 0 Å². The SMILES string of the molecule is Cc1cc[c]([Al][c]2ccc(C)cc2)cc1.c1ccc(Pc2ccccc2)cc1. The van der Waals surface area contributed by atoms with Crippen molar-refractivity contribution in [3.63, 3.8) is 0 Å². The molecule has 28 heavy (non-hydrogen) atoms. The van der Waals surface area contributed by atoms with Gasteiger partial charge in [0.1, 0.15) is 0 Å². The summed E-state index contributed by atoms with van der Waals surface area (Å²) in [5.74, 6) is 0. The van der Waals surface area contributed by atoms with Gasteiger partial charge in [0.05, 0.1) is 0 Å². The Hall–Kier alpha value is -2.16. The zero-order valence-electron chi connectivity index (χ0n) is 16.5. The van der Waals surface area contributed by atoms with Crippen molar-refractivity contribution in [3.8, 4) is 0 Å². The Balaban J connectivity index is 0.000000162. The lowest BCUT2D eigenvalue weighted by atomic mass is 10.2. The summed E-state index contributed by atoms with van der Waals surface area (Å²) in [6.45, 7) is 4.26. The van der Waals surface area contributed by atoms with Crippen LogP contribution in [0.5, 0.6) is 0 Å². The molecule has 137 valence electrons. The Morgan fingerprint density at radius 2 is 0.821 bits per heavy atom. The lowest BCUT2D eigenvalue weighted by Crippen LogP contribution is -2.26. The van der Waals surface area contributed by atoms with Crippen LogP contribution in [0.3, 0.4) is 0 Å². The molecule has 0 aliphatic heterocycles. The van der Waals surface area contributed by atoms with E-state index in [4.69, 9.17) is 0 Å². The van der Waals surface area contributed by atoms with Crippen molar-refractivity contribution in [3.05, 3.63) is 120 Å². The van der Waals surface area contributed by atoms with Crippen LogP contribution in [0.4, 0.5) is 0 Å². The van der Waals surface area contributed by atoms with Gasteiger partial charge in [-0.15, -0.1) is 8.85 Å². The number of aryl methyl sites for hydroxylation is 2. The molecule has 0 spiro atoms. The van der Waals surface area contributed by atoms with Gasteiger partial charge in [-0.3, -0.25) is 0 Å². The molecule has 0 saturated carbocycles. The molecule has 0 aromatic heterocycles. The molecule has 0 unspecified atom stereocenters. The van der Waals surface area contributed by atoms with E-state index >= 15 is 0 Å². The summed E-state index contributed by atoms with van der Waals surface area (Å²) >= 11 is 0.252. The van der Waals surface area contributed by atoms with Gasteiger partial charge in [0, 0.05) is 0 Å². The standard InChI is InChI=1S/C12H11P.2C7H7.Al/c1-3-7-11(8-4-1)13-12-9-5-2-6-10-12;2*1-7-5-3-2-4-6-7;/h1-10,13H;2*3-6H,1H3;. The third-order valence-corrected chi connectivity index (χ3v) is 7.00. The summed E-state index contributed by atoms with van der Waals surface area (Å²) in [7, 11) is 0.777. The Morgan fingerprint density at radius 3 is 1.18 bits per heavy atom. The first-order chi connectivity index (χ1) is 13.7. The van der Waals surface area contributed by atoms with Gasteiger partial charge < -0.3 is 0 Å². The number of benzene rings is 4. The van der Waals surface area contributed by atoms with Gasteiger partial charge in [-0.05, 0) is 24.5 Å². The van der Waals surface area contributed by atoms with E-state index in [0.717, 1.165) is 8.58 Å². The largest absolute Gasteiger partial charge is 0.298 e. The van der Waals surface area contributed by atoms with Gasteiger partial charge in [0.15, 0.2) is 0 Å². The monoisotopic (exact) mass is 395 g/mol. The van der Waals surface area contributed by atoms with Crippen molar-refractivity contribution >= 4 is 43.3 Å². The van der Waals surface area contributed by atoms with Crippen LogP contribution in [0, 0.1) is 13.8 Å². The van der Waals surface area contributed by atoms with Crippen LogP contribution in [-0.4, -0.2) is 15.2 Å². The molecule has 2 heteroatoms. The molecule has 1 radical (unpaired) electrons. The minimum absolute atomic E-state index is 0.252. The fourth-order valence-electron chi connectivity index (χ4n) is 2.73. The maximum Gasteiger partial charge on any atom is 0.298 e. The van der Waals surface area contributed by atoms with Crippen LogP contribution in [0.25, 0.3) is 0 Å². The molecular formula is C26H25AlP. The molecule has 4 rings (SSSR count). The molecule has 0 atom stereocenters. The van der Waals surface area contributed by atoms with E-state index in [9.17, 15) is 0 Å². The van der Waals surface area contributed by atoms with Crippen molar-refractivity contribution in [1.29, 1.82) is 0 Å². The van der Waals surface area contributed by atoms with Crippen molar-refractivity contribution in [1.82, 2.24) is 0 Å². The summed E-state index contributed by atoms with van der Waals surface area (Å²) < 4.78 is 2.92. The first-order valence-electron chi connectivity index (χ1n) is 9.54. The minimum atomic E-state index is 0.252. The molecule has 0 N–H and O–H groups in total. The van der Waals surface area contributed by atoms with E-state index in [-0.39, 0.29) is 15.2 Å². The van der Waals surface area contributed by atoms with Gasteiger partial charge >= 0.3 is 0 Å². The van der Waals surface area contributed by atoms with Crippen LogP contribution < -0.4 is 19.5 Å². The molecule has 0 fully saturated rings. The molecule has 0 amide bonds. The number of hydrogen-bond acceptors (Lipinski definition) is 0. The second-order valence-electron chi connectivity index (χ2n) is 6.82. The fourth-order valence-corrected chi connectivity index (χ4v) is 4.93. The lowest BCUT2D eigenvalue weighted by Gasteiger charge is -2.01. The third-order valence-electron chi connectivity index (χ3n) is 4.32. The van der Waals surface area contributed by atoms with E-state index in [1.165, 1.54) is 30.6 Å². The molecule has 0 heterocycles. The first kappa shape index (κ1) is 20.6. The molecule has 0 saturated heterocycles. The van der Waals surface area contributed by atoms with Crippen molar-refractivity contribution in [2.75, 3.05) is 0 Å². The van der Waals surface area contributed by atoms with Gasteiger partial charge in [-0.2, -0.15) is 0 Å². The van der Waals surface area contributed by atoms with E-state index in [1.807, 2.05) is 0 Å². The predicted octanol–water partition coefficient (Wildman–Crippen LogP) is 4.27. The van der Waals surface area contributed by atoms with E-state index in [0.29, 0.717) is 0 Å². The maximum absolute atomic E-state index is 2.24. The molecule has 0 aliphatic carbocycles. The van der Waals surface area contributed by atoms with Gasteiger partial charge in [-0.25, -0.2) is 0 Å². The minimum Gasteiger partial charge on any atom is -0.117 e. The molecule has 0 aliphatic rings. The quantitative estimate of drug-likeness (QED) is 0.358. The zero-order chi connectivity index (χ0) is 19.6. The highest BCUT2D eigenvalue weighted by Crippen LogP contribution is 2.08. The van der Waals surface area contributed by atoms with Gasteiger partial charge in [0.25, 0.3) is 15.2 Å².